The number of nitrogens with zero attached hydrogens (tertiary/aromatic N) is 2. The summed E-state index contributed by atoms with van der Waals surface area (Å²) >= 11 is 3.29. The van der Waals surface area contributed by atoms with Crippen molar-refractivity contribution in [3.63, 3.8) is 0 Å². The number of oxime groups is 1. The Morgan fingerprint density at radius 1 is 1.26 bits per heavy atom. The lowest BCUT2D eigenvalue weighted by Crippen LogP contribution is -2.36. The van der Waals surface area contributed by atoms with Gasteiger partial charge in [0.05, 0.1) is 11.0 Å². The predicted octanol–water partition coefficient (Wildman–Crippen LogP) is 1.19. The number of nitrogens with two attached hydrogens (primary N) is 1. The molecule has 0 atom stereocenters. The maximum atomic E-state index is 12.2. The van der Waals surface area contributed by atoms with Crippen LogP contribution in [0, 0.1) is 0 Å². The summed E-state index contributed by atoms with van der Waals surface area (Å²) in [6, 6.07) is 4.91. The number of aliphatic imine (C=N–C) groups is 1. The van der Waals surface area contributed by atoms with Gasteiger partial charge in [-0.1, -0.05) is 32.8 Å². The van der Waals surface area contributed by atoms with E-state index in [0.29, 0.717) is 33.8 Å². The van der Waals surface area contributed by atoms with Gasteiger partial charge in [0.25, 0.3) is 5.91 Å². The first kappa shape index (κ1) is 26.7. The number of hydrazine groups is 1. The molecule has 1 rings (SSSR count). The van der Waals surface area contributed by atoms with Crippen molar-refractivity contribution in [2.24, 2.45) is 16.0 Å². The Bertz CT molecular complexity index is 852. The Labute approximate surface area is 194 Å². The molecule has 1 aromatic rings. The monoisotopic (exact) mass is 535 g/mol. The van der Waals surface area contributed by atoms with Gasteiger partial charge in [-0.3, -0.25) is 14.6 Å². The molecular weight excluding hydrogens is 514 g/mol. The molecule has 1 amide bonds. The number of amidine groups is 1. The molecule has 0 saturated heterocycles. The molecule has 0 spiro atoms. The predicted molar refractivity (Wildman–Crippen MR) is 124 cm³/mol. The van der Waals surface area contributed by atoms with E-state index in [-0.39, 0.29) is 24.5 Å². The minimum atomic E-state index is -1.23. The smallest absolute Gasteiger partial charge is 0.372 e. The van der Waals surface area contributed by atoms with E-state index in [1.54, 1.807) is 18.2 Å². The third kappa shape index (κ3) is 10.5. The number of carboxylic acid groups (broad SMARTS) is 1. The average Bonchev–Trinajstić information content (AvgIpc) is 2.72. The number of hydrogen-bond acceptors (Lipinski definition) is 10. The summed E-state index contributed by atoms with van der Waals surface area (Å²) in [7, 11) is 2.95. The lowest BCUT2D eigenvalue weighted by Gasteiger charge is -2.09. The second kappa shape index (κ2) is 14.7. The molecule has 1 aromatic carbocycles. The topological polar surface area (TPSA) is 176 Å². The van der Waals surface area contributed by atoms with Crippen molar-refractivity contribution in [1.29, 1.82) is 0 Å². The Hall–Kier alpha value is -2.29. The van der Waals surface area contributed by atoms with E-state index in [1.165, 1.54) is 28.5 Å². The quantitative estimate of drug-likeness (QED) is 0.0318. The van der Waals surface area contributed by atoms with Gasteiger partial charge in [0, 0.05) is 31.4 Å². The van der Waals surface area contributed by atoms with Crippen LogP contribution in [0.5, 0.6) is 5.75 Å². The van der Waals surface area contributed by atoms with Gasteiger partial charge < -0.3 is 25.8 Å². The minimum Gasteiger partial charge on any atom is -0.475 e. The van der Waals surface area contributed by atoms with Crippen molar-refractivity contribution in [3.8, 4) is 5.75 Å². The second-order valence-corrected chi connectivity index (χ2v) is 9.22. The molecule has 0 heterocycles. The van der Waals surface area contributed by atoms with Crippen LogP contribution in [-0.2, 0) is 20.8 Å². The van der Waals surface area contributed by atoms with E-state index in [1.807, 2.05) is 5.43 Å². The van der Waals surface area contributed by atoms with E-state index in [2.05, 4.69) is 31.4 Å². The molecular formula is C17H22BrN5O6S2. The Morgan fingerprint density at radius 3 is 2.55 bits per heavy atom. The van der Waals surface area contributed by atoms with Crippen LogP contribution in [0.3, 0.4) is 0 Å². The fraction of sp³-hybridized carbons (Fsp3) is 0.353. The number of halogens is 1. The van der Waals surface area contributed by atoms with E-state index in [0.717, 1.165) is 0 Å². The summed E-state index contributed by atoms with van der Waals surface area (Å²) in [6.07, 6.45) is 0.0856. The molecule has 31 heavy (non-hydrogen) atoms. The van der Waals surface area contributed by atoms with Crippen molar-refractivity contribution in [1.82, 2.24) is 10.7 Å². The van der Waals surface area contributed by atoms with Crippen molar-refractivity contribution in [2.75, 3.05) is 24.6 Å². The Morgan fingerprint density at radius 2 is 1.97 bits per heavy atom. The summed E-state index contributed by atoms with van der Waals surface area (Å²) in [5.41, 5.74) is 2.63. The van der Waals surface area contributed by atoms with Gasteiger partial charge in [-0.05, 0) is 33.6 Å². The zero-order valence-corrected chi connectivity index (χ0v) is 19.7. The standard InChI is InChI=1S/C17H22BrN5O6S2/c1-10(24)29-14-3-2-11(8-12(14)18)9-13(23-28)16(25)21-5-7-31-30-6-4-20-15(22-19)17(26)27/h2-3,8,28H,4-7,9,19H2,1H3,(H,20,22)(H,21,25)(H,26,27)/b23-13+. The highest BCUT2D eigenvalue weighted by molar-refractivity contribution is 9.10. The largest absolute Gasteiger partial charge is 0.475 e. The number of rotatable bonds is 11. The number of hydrogen-bond donors (Lipinski definition) is 5. The number of carbonyl (C=O) groups excluding carboxylic acids is 2. The number of aliphatic carboxylic acids is 1. The molecule has 170 valence electrons. The van der Waals surface area contributed by atoms with Crippen LogP contribution in [-0.4, -0.2) is 64.3 Å². The highest BCUT2D eigenvalue weighted by Gasteiger charge is 2.14. The van der Waals surface area contributed by atoms with Crippen LogP contribution < -0.4 is 21.3 Å². The summed E-state index contributed by atoms with van der Waals surface area (Å²) in [6.45, 7) is 1.92. The van der Waals surface area contributed by atoms with Crippen LogP contribution in [0.1, 0.15) is 12.5 Å². The van der Waals surface area contributed by atoms with Gasteiger partial charge in [-0.2, -0.15) is 0 Å². The zero-order valence-electron chi connectivity index (χ0n) is 16.5. The summed E-state index contributed by atoms with van der Waals surface area (Å²) in [4.78, 5) is 37.7. The normalized spacial score (nSPS) is 11.7. The summed E-state index contributed by atoms with van der Waals surface area (Å²) in [5, 5.41) is 23.7. The fourth-order valence-electron chi connectivity index (χ4n) is 2.04. The Balaban J connectivity index is 2.37. The second-order valence-electron chi connectivity index (χ2n) is 5.66. The fourth-order valence-corrected chi connectivity index (χ4v) is 4.32. The van der Waals surface area contributed by atoms with Crippen molar-refractivity contribution in [2.45, 2.75) is 13.3 Å². The SMILES string of the molecule is CC(=O)Oc1ccc(C/C(=N\O)C(=O)NCCSSCCN=C(NN)C(=O)O)cc1Br. The van der Waals surface area contributed by atoms with E-state index in [9.17, 15) is 19.6 Å². The number of carbonyl (C=O) groups is 3. The highest BCUT2D eigenvalue weighted by Crippen LogP contribution is 2.26. The molecule has 6 N–H and O–H groups in total. The zero-order chi connectivity index (χ0) is 23.2. The molecule has 0 fully saturated rings. The van der Waals surface area contributed by atoms with Crippen LogP contribution >= 0.6 is 37.5 Å². The number of ether oxygens (including phenoxy) is 1. The van der Waals surface area contributed by atoms with Crippen LogP contribution in [0.2, 0.25) is 0 Å². The van der Waals surface area contributed by atoms with Gasteiger partial charge in [0.2, 0.25) is 5.84 Å². The van der Waals surface area contributed by atoms with Crippen LogP contribution in [0.15, 0.2) is 32.8 Å². The highest BCUT2D eigenvalue weighted by atomic mass is 79.9. The van der Waals surface area contributed by atoms with Gasteiger partial charge in [0.1, 0.15) is 11.5 Å². The molecule has 0 bridgehead atoms. The first-order valence-corrected chi connectivity index (χ1v) is 12.0. The lowest BCUT2D eigenvalue weighted by molar-refractivity contribution is -0.132. The third-order valence-corrected chi connectivity index (χ3v) is 6.35. The number of nitrogens with one attached hydrogen (secondary N) is 2. The molecule has 14 heteroatoms. The molecule has 0 aromatic heterocycles. The first-order chi connectivity index (χ1) is 14.8. The van der Waals surface area contributed by atoms with E-state index in [4.69, 9.17) is 15.7 Å². The third-order valence-electron chi connectivity index (χ3n) is 3.34. The van der Waals surface area contributed by atoms with E-state index < -0.39 is 17.8 Å². The molecule has 11 nitrogen and oxygen atoms in total. The minimum absolute atomic E-state index is 0.0605. The molecule has 0 aliphatic carbocycles. The van der Waals surface area contributed by atoms with Crippen LogP contribution in [0.25, 0.3) is 0 Å². The molecule has 0 radical (unpaired) electrons. The van der Waals surface area contributed by atoms with Crippen molar-refractivity contribution in [3.05, 3.63) is 28.2 Å². The van der Waals surface area contributed by atoms with Crippen molar-refractivity contribution >= 4 is 66.9 Å². The maximum absolute atomic E-state index is 12.2. The number of carboxylic acids is 1. The van der Waals surface area contributed by atoms with Crippen molar-refractivity contribution < 1.29 is 29.4 Å². The number of amides is 1. The Kier molecular flexibility index (Phi) is 12.7. The summed E-state index contributed by atoms with van der Waals surface area (Å²) in [5.74, 6) is 4.06. The number of benzene rings is 1. The van der Waals surface area contributed by atoms with E-state index >= 15 is 0 Å². The van der Waals surface area contributed by atoms with Gasteiger partial charge in [0.15, 0.2) is 0 Å². The maximum Gasteiger partial charge on any atom is 0.372 e. The van der Waals surface area contributed by atoms with Crippen LogP contribution in [0.4, 0.5) is 0 Å². The molecule has 0 unspecified atom stereocenters. The summed E-state index contributed by atoms with van der Waals surface area (Å²) < 4.78 is 5.55. The van der Waals surface area contributed by atoms with Gasteiger partial charge in [-0.25, -0.2) is 10.6 Å². The first-order valence-electron chi connectivity index (χ1n) is 8.73. The van der Waals surface area contributed by atoms with Gasteiger partial charge >= 0.3 is 11.9 Å². The molecule has 0 aliphatic heterocycles. The van der Waals surface area contributed by atoms with Gasteiger partial charge in [-0.15, -0.1) is 0 Å². The average molecular weight is 536 g/mol. The lowest BCUT2D eigenvalue weighted by atomic mass is 10.1. The number of esters is 1. The molecule has 0 saturated carbocycles. The molecule has 0 aliphatic rings.